The van der Waals surface area contributed by atoms with Crippen LogP contribution in [0.2, 0.25) is 0 Å². The molecular formula is C19H39IN4O4. The summed E-state index contributed by atoms with van der Waals surface area (Å²) in [6.07, 6.45) is 2.22. The molecule has 0 aromatic rings. The number of aliphatic hydroxyl groups is 1. The Morgan fingerprint density at radius 3 is 2.54 bits per heavy atom. The highest BCUT2D eigenvalue weighted by Gasteiger charge is 2.34. The number of nitrogens with one attached hydrogen (secondary N) is 2. The lowest BCUT2D eigenvalue weighted by Crippen LogP contribution is -2.47. The van der Waals surface area contributed by atoms with Gasteiger partial charge in [-0.25, -0.2) is 4.79 Å². The zero-order valence-electron chi connectivity index (χ0n) is 18.0. The third-order valence-corrected chi connectivity index (χ3v) is 4.50. The molecule has 1 atom stereocenters. The van der Waals surface area contributed by atoms with Gasteiger partial charge < -0.3 is 30.1 Å². The second-order valence-corrected chi connectivity index (χ2v) is 8.10. The van der Waals surface area contributed by atoms with Crippen LogP contribution in [0.15, 0.2) is 4.99 Å². The van der Waals surface area contributed by atoms with Crippen LogP contribution in [0.4, 0.5) is 4.79 Å². The lowest BCUT2D eigenvalue weighted by atomic mass is 9.84. The summed E-state index contributed by atoms with van der Waals surface area (Å²) in [5.74, 6) is 0.680. The van der Waals surface area contributed by atoms with Crippen molar-refractivity contribution in [3.8, 4) is 0 Å². The van der Waals surface area contributed by atoms with E-state index in [0.29, 0.717) is 45.2 Å². The van der Waals surface area contributed by atoms with E-state index in [1.165, 1.54) is 0 Å². The molecule has 1 saturated heterocycles. The van der Waals surface area contributed by atoms with Crippen molar-refractivity contribution in [3.63, 3.8) is 0 Å². The molecule has 9 heteroatoms. The van der Waals surface area contributed by atoms with Gasteiger partial charge in [0, 0.05) is 51.9 Å². The van der Waals surface area contributed by atoms with Crippen molar-refractivity contribution in [2.24, 2.45) is 10.4 Å². The van der Waals surface area contributed by atoms with Gasteiger partial charge in [-0.05, 0) is 40.0 Å². The number of nitrogens with zero attached hydrogens (tertiary/aromatic N) is 2. The molecule has 0 bridgehead atoms. The molecule has 0 aliphatic carbocycles. The SMILES string of the molecule is CCCN(CCNC(=NC)NCC1(CCO)CCOC1)C(=O)OC(C)(C)C.I. The maximum atomic E-state index is 12.3. The van der Waals surface area contributed by atoms with E-state index in [1.807, 2.05) is 27.7 Å². The molecule has 0 aromatic carbocycles. The zero-order valence-corrected chi connectivity index (χ0v) is 20.4. The van der Waals surface area contributed by atoms with E-state index in [0.717, 1.165) is 19.4 Å². The smallest absolute Gasteiger partial charge is 0.410 e. The fourth-order valence-electron chi connectivity index (χ4n) is 3.00. The van der Waals surface area contributed by atoms with Gasteiger partial charge in [0.25, 0.3) is 0 Å². The highest BCUT2D eigenvalue weighted by Crippen LogP contribution is 2.31. The monoisotopic (exact) mass is 514 g/mol. The summed E-state index contributed by atoms with van der Waals surface area (Å²) >= 11 is 0. The summed E-state index contributed by atoms with van der Waals surface area (Å²) in [7, 11) is 1.72. The molecule has 3 N–H and O–H groups in total. The standard InChI is InChI=1S/C19H38N4O4.HI/c1-6-10-23(17(25)27-18(2,3)4)11-9-21-16(20-5)22-14-19(7-12-24)8-13-26-15-19;/h24H,6-15H2,1-5H3,(H2,20,21,22);1H. The molecule has 1 rings (SSSR count). The minimum Gasteiger partial charge on any atom is -0.444 e. The number of ether oxygens (including phenoxy) is 2. The lowest BCUT2D eigenvalue weighted by molar-refractivity contribution is 0.0253. The van der Waals surface area contributed by atoms with E-state index in [-0.39, 0.29) is 42.1 Å². The van der Waals surface area contributed by atoms with Crippen LogP contribution in [0.1, 0.15) is 47.0 Å². The molecule has 1 aliphatic rings. The molecule has 0 spiro atoms. The Morgan fingerprint density at radius 1 is 1.32 bits per heavy atom. The van der Waals surface area contributed by atoms with Gasteiger partial charge in [0.2, 0.25) is 0 Å². The largest absolute Gasteiger partial charge is 0.444 e. The molecule has 1 aliphatic heterocycles. The van der Waals surface area contributed by atoms with Crippen molar-refractivity contribution >= 4 is 36.0 Å². The number of aliphatic imine (C=N–C) groups is 1. The third kappa shape index (κ3) is 10.1. The van der Waals surface area contributed by atoms with Crippen molar-refractivity contribution in [2.75, 3.05) is 53.0 Å². The quantitative estimate of drug-likeness (QED) is 0.248. The second-order valence-electron chi connectivity index (χ2n) is 8.10. The Hall–Kier alpha value is -0.810. The fraction of sp³-hybridized carbons (Fsp3) is 0.895. The summed E-state index contributed by atoms with van der Waals surface area (Å²) in [4.78, 5) is 18.3. The Morgan fingerprint density at radius 2 is 2.04 bits per heavy atom. The summed E-state index contributed by atoms with van der Waals surface area (Å²) in [6, 6.07) is 0. The van der Waals surface area contributed by atoms with Crippen molar-refractivity contribution in [2.45, 2.75) is 52.6 Å². The van der Waals surface area contributed by atoms with E-state index in [9.17, 15) is 9.90 Å². The second kappa shape index (κ2) is 13.4. The molecule has 1 fully saturated rings. The molecule has 1 amide bonds. The molecule has 1 unspecified atom stereocenters. The third-order valence-electron chi connectivity index (χ3n) is 4.50. The number of aliphatic hydroxyl groups excluding tert-OH is 1. The number of rotatable bonds is 9. The van der Waals surface area contributed by atoms with Gasteiger partial charge >= 0.3 is 6.09 Å². The van der Waals surface area contributed by atoms with Crippen LogP contribution in [0.5, 0.6) is 0 Å². The Labute approximate surface area is 186 Å². The van der Waals surface area contributed by atoms with E-state index in [2.05, 4.69) is 15.6 Å². The Bertz CT molecular complexity index is 477. The number of carbonyl (C=O) groups is 1. The van der Waals surface area contributed by atoms with Crippen LogP contribution in [0.25, 0.3) is 0 Å². The van der Waals surface area contributed by atoms with Crippen LogP contribution in [0.3, 0.4) is 0 Å². The number of guanidine groups is 1. The first-order chi connectivity index (χ1) is 12.7. The predicted octanol–water partition coefficient (Wildman–Crippen LogP) is 2.21. The van der Waals surface area contributed by atoms with Crippen molar-refractivity contribution < 1.29 is 19.4 Å². The first-order valence-corrected chi connectivity index (χ1v) is 9.86. The van der Waals surface area contributed by atoms with Crippen molar-refractivity contribution in [3.05, 3.63) is 0 Å². The van der Waals surface area contributed by atoms with Gasteiger partial charge in [0.1, 0.15) is 5.60 Å². The fourth-order valence-corrected chi connectivity index (χ4v) is 3.00. The van der Waals surface area contributed by atoms with Crippen LogP contribution in [0, 0.1) is 5.41 Å². The van der Waals surface area contributed by atoms with Crippen molar-refractivity contribution in [1.82, 2.24) is 15.5 Å². The Kier molecular flexibility index (Phi) is 13.0. The van der Waals surface area contributed by atoms with E-state index < -0.39 is 5.60 Å². The zero-order chi connectivity index (χ0) is 20.3. The number of carbonyl (C=O) groups excluding carboxylic acids is 1. The number of hydrogen-bond acceptors (Lipinski definition) is 5. The summed E-state index contributed by atoms with van der Waals surface area (Å²) in [5, 5.41) is 15.9. The maximum absolute atomic E-state index is 12.3. The Balaban J connectivity index is 0.00000729. The average Bonchev–Trinajstić information content (AvgIpc) is 3.04. The van der Waals surface area contributed by atoms with Crippen molar-refractivity contribution in [1.29, 1.82) is 0 Å². The lowest BCUT2D eigenvalue weighted by Gasteiger charge is -2.29. The van der Waals surface area contributed by atoms with Gasteiger partial charge in [-0.15, -0.1) is 24.0 Å². The minimum absolute atomic E-state index is 0. The average molecular weight is 514 g/mol. The molecule has 28 heavy (non-hydrogen) atoms. The highest BCUT2D eigenvalue weighted by molar-refractivity contribution is 14.0. The molecule has 0 saturated carbocycles. The van der Waals surface area contributed by atoms with E-state index in [4.69, 9.17) is 9.47 Å². The molecule has 0 aromatic heterocycles. The van der Waals surface area contributed by atoms with Crippen LogP contribution < -0.4 is 10.6 Å². The molecular weight excluding hydrogens is 475 g/mol. The molecule has 1 heterocycles. The maximum Gasteiger partial charge on any atom is 0.410 e. The first-order valence-electron chi connectivity index (χ1n) is 9.86. The number of halogens is 1. The summed E-state index contributed by atoms with van der Waals surface area (Å²) in [6.45, 7) is 11.6. The highest BCUT2D eigenvalue weighted by atomic mass is 127. The van der Waals surface area contributed by atoms with Crippen LogP contribution >= 0.6 is 24.0 Å². The normalized spacial score (nSPS) is 19.7. The minimum atomic E-state index is -0.502. The van der Waals surface area contributed by atoms with Crippen LogP contribution in [-0.2, 0) is 9.47 Å². The number of hydrogen-bond donors (Lipinski definition) is 3. The number of amides is 1. The topological polar surface area (TPSA) is 95.4 Å². The molecule has 166 valence electrons. The van der Waals surface area contributed by atoms with Crippen LogP contribution in [-0.4, -0.2) is 80.7 Å². The predicted molar refractivity (Wildman–Crippen MR) is 122 cm³/mol. The van der Waals surface area contributed by atoms with Gasteiger partial charge in [0.05, 0.1) is 6.61 Å². The molecule has 0 radical (unpaired) electrons. The van der Waals surface area contributed by atoms with E-state index >= 15 is 0 Å². The van der Waals surface area contributed by atoms with Gasteiger partial charge in [0.15, 0.2) is 5.96 Å². The summed E-state index contributed by atoms with van der Waals surface area (Å²) < 4.78 is 11.0. The van der Waals surface area contributed by atoms with E-state index in [1.54, 1.807) is 11.9 Å². The summed E-state index contributed by atoms with van der Waals surface area (Å²) in [5.41, 5.74) is -0.546. The van der Waals surface area contributed by atoms with Gasteiger partial charge in [-0.3, -0.25) is 4.99 Å². The van der Waals surface area contributed by atoms with Gasteiger partial charge in [-0.1, -0.05) is 6.92 Å². The van der Waals surface area contributed by atoms with Gasteiger partial charge in [-0.2, -0.15) is 0 Å². The first kappa shape index (κ1) is 27.2. The molecule has 8 nitrogen and oxygen atoms in total.